The van der Waals surface area contributed by atoms with Gasteiger partial charge in [-0.25, -0.2) is 4.79 Å². The fourth-order valence-electron chi connectivity index (χ4n) is 0.586. The summed E-state index contributed by atoms with van der Waals surface area (Å²) in [6.07, 6.45) is 2.10. The summed E-state index contributed by atoms with van der Waals surface area (Å²) >= 11 is 0. The van der Waals surface area contributed by atoms with Gasteiger partial charge in [0.15, 0.2) is 0 Å². The number of hydrogen-bond donors (Lipinski definition) is 0. The molecule has 0 saturated heterocycles. The first-order valence-electron chi connectivity index (χ1n) is 3.70. The van der Waals surface area contributed by atoms with Gasteiger partial charge in [0.05, 0.1) is 6.61 Å². The summed E-state index contributed by atoms with van der Waals surface area (Å²) in [7, 11) is 0. The largest absolute Gasteiger partial charge is 0.462 e. The van der Waals surface area contributed by atoms with Crippen LogP contribution in [0.1, 0.15) is 20.3 Å². The van der Waals surface area contributed by atoms with Crippen LogP contribution in [0.25, 0.3) is 0 Å². The fourth-order valence-corrected chi connectivity index (χ4v) is 0.586. The van der Waals surface area contributed by atoms with Crippen molar-refractivity contribution in [1.82, 2.24) is 0 Å². The molecule has 0 aromatic heterocycles. The predicted molar refractivity (Wildman–Crippen MR) is 41.0 cm³/mol. The van der Waals surface area contributed by atoms with Crippen LogP contribution in [0.15, 0.2) is 12.2 Å². The molecule has 12 heavy (non-hydrogen) atoms. The van der Waals surface area contributed by atoms with E-state index in [1.54, 1.807) is 6.92 Å². The van der Waals surface area contributed by atoms with E-state index in [0.717, 1.165) is 0 Å². The van der Waals surface area contributed by atoms with Crippen molar-refractivity contribution in [2.45, 2.75) is 26.2 Å². The molecule has 0 saturated carbocycles. The van der Waals surface area contributed by atoms with E-state index in [2.05, 4.69) is 4.74 Å². The van der Waals surface area contributed by atoms with Crippen molar-refractivity contribution in [2.24, 2.45) is 0 Å². The molecule has 0 radical (unpaired) electrons. The summed E-state index contributed by atoms with van der Waals surface area (Å²) in [4.78, 5) is 10.6. The molecule has 70 valence electrons. The van der Waals surface area contributed by atoms with Gasteiger partial charge in [-0.15, -0.1) is 0 Å². The van der Waals surface area contributed by atoms with E-state index in [1.165, 1.54) is 19.1 Å². The summed E-state index contributed by atoms with van der Waals surface area (Å²) in [6.45, 7) is 3.08. The Hall–Kier alpha value is -0.930. The molecule has 0 aromatic rings. The monoisotopic (exact) mass is 178 g/mol. The number of esters is 1. The number of allylic oxidation sites excluding steroid dienone is 2. The van der Waals surface area contributed by atoms with Crippen molar-refractivity contribution in [3.8, 4) is 0 Å². The number of carbonyl (C=O) groups is 1. The number of hydrogen-bond acceptors (Lipinski definition) is 2. The second-order valence-corrected chi connectivity index (χ2v) is 2.20. The number of ether oxygens (including phenoxy) is 1. The van der Waals surface area contributed by atoms with Crippen LogP contribution < -0.4 is 0 Å². The Morgan fingerprint density at radius 1 is 1.58 bits per heavy atom. The predicted octanol–water partition coefficient (Wildman–Crippen LogP) is 2.15. The van der Waals surface area contributed by atoms with E-state index in [0.29, 0.717) is 0 Å². The number of carbonyl (C=O) groups excluding carboxylic acids is 1. The van der Waals surface area contributed by atoms with Crippen LogP contribution in [0.5, 0.6) is 0 Å². The van der Waals surface area contributed by atoms with Crippen LogP contribution in [-0.2, 0) is 9.53 Å². The minimum absolute atomic E-state index is 0.0235. The quantitative estimate of drug-likeness (QED) is 0.487. The van der Waals surface area contributed by atoms with Crippen molar-refractivity contribution in [2.75, 3.05) is 6.61 Å². The van der Waals surface area contributed by atoms with Crippen LogP contribution in [0, 0.1) is 0 Å². The Morgan fingerprint density at radius 3 is 2.58 bits per heavy atom. The van der Waals surface area contributed by atoms with E-state index in [4.69, 9.17) is 0 Å². The smallest absolute Gasteiger partial charge is 0.377 e. The third-order valence-electron chi connectivity index (χ3n) is 1.18. The highest BCUT2D eigenvalue weighted by Crippen LogP contribution is 2.20. The zero-order chi connectivity index (χ0) is 9.61. The van der Waals surface area contributed by atoms with Gasteiger partial charge in [0.2, 0.25) is 0 Å². The molecule has 0 amide bonds. The standard InChI is InChI=1S/C8H12F2O2/c1-3-5-6-8(9,10)7(11)12-4-2/h3,5H,4,6H2,1-2H3/b5-3+. The summed E-state index contributed by atoms with van der Waals surface area (Å²) in [5, 5.41) is 0. The van der Waals surface area contributed by atoms with Crippen LogP contribution in [0.4, 0.5) is 8.78 Å². The first-order valence-corrected chi connectivity index (χ1v) is 3.70. The molecule has 0 bridgehead atoms. The molecule has 0 rings (SSSR count). The van der Waals surface area contributed by atoms with E-state index < -0.39 is 18.3 Å². The first kappa shape index (κ1) is 11.1. The summed E-state index contributed by atoms with van der Waals surface area (Å²) in [6, 6.07) is 0. The topological polar surface area (TPSA) is 26.3 Å². The van der Waals surface area contributed by atoms with Gasteiger partial charge in [0.1, 0.15) is 0 Å². The molecule has 0 aromatic carbocycles. The second-order valence-electron chi connectivity index (χ2n) is 2.20. The van der Waals surface area contributed by atoms with Gasteiger partial charge < -0.3 is 4.74 Å². The summed E-state index contributed by atoms with van der Waals surface area (Å²) in [5.74, 6) is -4.84. The van der Waals surface area contributed by atoms with Crippen molar-refractivity contribution < 1.29 is 18.3 Å². The minimum Gasteiger partial charge on any atom is -0.462 e. The Labute approximate surface area is 70.2 Å². The van der Waals surface area contributed by atoms with Crippen LogP contribution >= 0.6 is 0 Å². The molecular formula is C8H12F2O2. The van der Waals surface area contributed by atoms with Gasteiger partial charge in [-0.05, 0) is 13.8 Å². The average molecular weight is 178 g/mol. The van der Waals surface area contributed by atoms with Gasteiger partial charge in [0.25, 0.3) is 0 Å². The maximum Gasteiger partial charge on any atom is 0.377 e. The van der Waals surface area contributed by atoms with Gasteiger partial charge in [-0.1, -0.05) is 12.2 Å². The molecule has 0 aliphatic rings. The normalized spacial score (nSPS) is 12.0. The lowest BCUT2D eigenvalue weighted by atomic mass is 10.2. The second kappa shape index (κ2) is 4.85. The number of rotatable bonds is 4. The van der Waals surface area contributed by atoms with Crippen LogP contribution in [-0.4, -0.2) is 18.5 Å². The lowest BCUT2D eigenvalue weighted by Gasteiger charge is -2.11. The van der Waals surface area contributed by atoms with E-state index in [1.807, 2.05) is 0 Å². The minimum atomic E-state index is -3.39. The molecule has 0 spiro atoms. The maximum atomic E-state index is 12.7. The molecule has 2 nitrogen and oxygen atoms in total. The van der Waals surface area contributed by atoms with Crippen LogP contribution in [0.3, 0.4) is 0 Å². The molecule has 0 heterocycles. The van der Waals surface area contributed by atoms with Gasteiger partial charge in [0, 0.05) is 6.42 Å². The molecular weight excluding hydrogens is 166 g/mol. The van der Waals surface area contributed by atoms with Crippen molar-refractivity contribution >= 4 is 5.97 Å². The summed E-state index contributed by atoms with van der Waals surface area (Å²) < 4.78 is 29.5. The third kappa shape index (κ3) is 3.46. The fraction of sp³-hybridized carbons (Fsp3) is 0.625. The highest BCUT2D eigenvalue weighted by molar-refractivity contribution is 5.77. The Balaban J connectivity index is 4.08. The molecule has 0 fully saturated rings. The summed E-state index contributed by atoms with van der Waals surface area (Å²) in [5.41, 5.74) is 0. The number of alkyl halides is 2. The van der Waals surface area contributed by atoms with Gasteiger partial charge >= 0.3 is 11.9 Å². The lowest BCUT2D eigenvalue weighted by molar-refractivity contribution is -0.170. The van der Waals surface area contributed by atoms with E-state index >= 15 is 0 Å². The molecule has 0 atom stereocenters. The van der Waals surface area contributed by atoms with Crippen molar-refractivity contribution in [3.63, 3.8) is 0 Å². The Morgan fingerprint density at radius 2 is 2.17 bits per heavy atom. The Kier molecular flexibility index (Phi) is 4.47. The molecule has 0 N–H and O–H groups in total. The molecule has 4 heteroatoms. The molecule has 0 unspecified atom stereocenters. The van der Waals surface area contributed by atoms with E-state index in [-0.39, 0.29) is 6.61 Å². The van der Waals surface area contributed by atoms with E-state index in [9.17, 15) is 13.6 Å². The van der Waals surface area contributed by atoms with Crippen molar-refractivity contribution in [1.29, 1.82) is 0 Å². The van der Waals surface area contributed by atoms with Crippen molar-refractivity contribution in [3.05, 3.63) is 12.2 Å². The van der Waals surface area contributed by atoms with Gasteiger partial charge in [-0.3, -0.25) is 0 Å². The Bertz CT molecular complexity index is 176. The number of halogens is 2. The third-order valence-corrected chi connectivity index (χ3v) is 1.18. The zero-order valence-corrected chi connectivity index (χ0v) is 7.14. The average Bonchev–Trinajstić information content (AvgIpc) is 2.01. The zero-order valence-electron chi connectivity index (χ0n) is 7.14. The highest BCUT2D eigenvalue weighted by atomic mass is 19.3. The first-order chi connectivity index (χ1) is 5.54. The SMILES string of the molecule is C/C=C/CC(F)(F)C(=O)OCC. The van der Waals surface area contributed by atoms with Gasteiger partial charge in [-0.2, -0.15) is 8.78 Å². The highest BCUT2D eigenvalue weighted by Gasteiger charge is 2.38. The maximum absolute atomic E-state index is 12.7. The molecule has 0 aliphatic heterocycles. The lowest BCUT2D eigenvalue weighted by Crippen LogP contribution is -2.30. The molecule has 0 aliphatic carbocycles. The van der Waals surface area contributed by atoms with Crippen LogP contribution in [0.2, 0.25) is 0 Å².